The van der Waals surface area contributed by atoms with E-state index in [1.54, 1.807) is 0 Å². The van der Waals surface area contributed by atoms with Gasteiger partial charge in [-0.3, -0.25) is 4.99 Å². The molecule has 0 aromatic carbocycles. The monoisotopic (exact) mass is 303 g/mol. The third-order valence-corrected chi connectivity index (χ3v) is 5.17. The highest BCUT2D eigenvalue weighted by atomic mass is 15.3. The lowest BCUT2D eigenvalue weighted by molar-refractivity contribution is 0.203. The van der Waals surface area contributed by atoms with Crippen LogP contribution >= 0.6 is 0 Å². The summed E-state index contributed by atoms with van der Waals surface area (Å²) in [7, 11) is 0. The number of hydrogen-bond donors (Lipinski definition) is 1. The molecule has 2 heterocycles. The molecule has 1 spiro atoms. The molecule has 1 aromatic heterocycles. The summed E-state index contributed by atoms with van der Waals surface area (Å²) < 4.78 is 2.08. The molecule has 2 fully saturated rings. The molecule has 5 nitrogen and oxygen atoms in total. The van der Waals surface area contributed by atoms with Gasteiger partial charge in [-0.2, -0.15) is 0 Å². The highest BCUT2D eigenvalue weighted by molar-refractivity contribution is 5.80. The molecule has 2 aliphatic rings. The van der Waals surface area contributed by atoms with E-state index in [9.17, 15) is 0 Å². The first-order valence-electron chi connectivity index (χ1n) is 8.80. The second kappa shape index (κ2) is 7.16. The molecule has 5 heteroatoms. The van der Waals surface area contributed by atoms with Crippen molar-refractivity contribution >= 4 is 5.96 Å². The SMILES string of the molecule is CCNC(=NCCn1ccnc1)N1CCC2(CCCCC2)C1. The molecule has 3 rings (SSSR count). The molecule has 0 bridgehead atoms. The highest BCUT2D eigenvalue weighted by Crippen LogP contribution is 2.43. The number of imidazole rings is 1. The molecule has 0 atom stereocenters. The smallest absolute Gasteiger partial charge is 0.193 e. The summed E-state index contributed by atoms with van der Waals surface area (Å²) in [6, 6.07) is 0. The van der Waals surface area contributed by atoms with Gasteiger partial charge in [-0.1, -0.05) is 19.3 Å². The number of hydrogen-bond acceptors (Lipinski definition) is 2. The van der Waals surface area contributed by atoms with Crippen LogP contribution in [0, 0.1) is 5.41 Å². The van der Waals surface area contributed by atoms with E-state index in [1.165, 1.54) is 45.1 Å². The van der Waals surface area contributed by atoms with Crippen molar-refractivity contribution in [1.29, 1.82) is 0 Å². The number of aromatic nitrogens is 2. The van der Waals surface area contributed by atoms with Crippen LogP contribution < -0.4 is 5.32 Å². The lowest BCUT2D eigenvalue weighted by atomic mass is 9.73. The van der Waals surface area contributed by atoms with Crippen LogP contribution in [0.3, 0.4) is 0 Å². The number of guanidine groups is 1. The van der Waals surface area contributed by atoms with E-state index < -0.39 is 0 Å². The fourth-order valence-corrected chi connectivity index (χ4v) is 3.94. The molecule has 1 aromatic rings. The van der Waals surface area contributed by atoms with E-state index in [1.807, 2.05) is 18.7 Å². The Hall–Kier alpha value is -1.52. The van der Waals surface area contributed by atoms with Crippen molar-refractivity contribution in [3.63, 3.8) is 0 Å². The number of likely N-dealkylation sites (tertiary alicyclic amines) is 1. The molecular weight excluding hydrogens is 274 g/mol. The van der Waals surface area contributed by atoms with E-state index >= 15 is 0 Å². The summed E-state index contributed by atoms with van der Waals surface area (Å²) in [5, 5.41) is 3.48. The van der Waals surface area contributed by atoms with Gasteiger partial charge in [0.1, 0.15) is 0 Å². The number of nitrogens with one attached hydrogen (secondary N) is 1. The maximum atomic E-state index is 4.83. The van der Waals surface area contributed by atoms with Crippen LogP contribution in [0.2, 0.25) is 0 Å². The van der Waals surface area contributed by atoms with E-state index in [4.69, 9.17) is 4.99 Å². The summed E-state index contributed by atoms with van der Waals surface area (Å²) in [6.45, 7) is 7.15. The van der Waals surface area contributed by atoms with Gasteiger partial charge in [0.15, 0.2) is 5.96 Å². The molecule has 22 heavy (non-hydrogen) atoms. The lowest BCUT2D eigenvalue weighted by Gasteiger charge is -2.33. The maximum Gasteiger partial charge on any atom is 0.193 e. The van der Waals surface area contributed by atoms with E-state index in [2.05, 4.69) is 26.7 Å². The summed E-state index contributed by atoms with van der Waals surface area (Å²) in [5.74, 6) is 1.10. The molecule has 1 saturated carbocycles. The second-order valence-corrected chi connectivity index (χ2v) is 6.77. The Morgan fingerprint density at radius 3 is 2.86 bits per heavy atom. The summed E-state index contributed by atoms with van der Waals surface area (Å²) in [6.07, 6.45) is 14.1. The summed E-state index contributed by atoms with van der Waals surface area (Å²) in [4.78, 5) is 11.4. The zero-order chi connectivity index (χ0) is 15.3. The third-order valence-electron chi connectivity index (χ3n) is 5.17. The number of nitrogens with zero attached hydrogens (tertiary/aromatic N) is 4. The topological polar surface area (TPSA) is 45.5 Å². The first-order chi connectivity index (χ1) is 10.8. The summed E-state index contributed by atoms with van der Waals surface area (Å²) in [5.41, 5.74) is 0.582. The van der Waals surface area contributed by atoms with Crippen molar-refractivity contribution in [3.05, 3.63) is 18.7 Å². The van der Waals surface area contributed by atoms with Crippen molar-refractivity contribution in [2.24, 2.45) is 10.4 Å². The van der Waals surface area contributed by atoms with Crippen molar-refractivity contribution in [2.45, 2.75) is 52.0 Å². The normalized spacial score (nSPS) is 21.5. The van der Waals surface area contributed by atoms with Crippen LogP contribution in [0.1, 0.15) is 45.4 Å². The van der Waals surface area contributed by atoms with Crippen molar-refractivity contribution in [2.75, 3.05) is 26.2 Å². The van der Waals surface area contributed by atoms with Crippen molar-refractivity contribution < 1.29 is 0 Å². The Morgan fingerprint density at radius 2 is 2.14 bits per heavy atom. The summed E-state index contributed by atoms with van der Waals surface area (Å²) >= 11 is 0. The fraction of sp³-hybridized carbons (Fsp3) is 0.765. The number of rotatable bonds is 4. The second-order valence-electron chi connectivity index (χ2n) is 6.77. The Labute approximate surface area is 133 Å². The first kappa shape index (κ1) is 15.4. The van der Waals surface area contributed by atoms with Gasteiger partial charge < -0.3 is 14.8 Å². The van der Waals surface area contributed by atoms with Crippen LogP contribution in [0.5, 0.6) is 0 Å². The Morgan fingerprint density at radius 1 is 1.27 bits per heavy atom. The predicted octanol–water partition coefficient (Wildman–Crippen LogP) is 2.50. The largest absolute Gasteiger partial charge is 0.357 e. The molecule has 0 amide bonds. The molecule has 1 N–H and O–H groups in total. The van der Waals surface area contributed by atoms with Gasteiger partial charge in [-0.05, 0) is 31.6 Å². The molecule has 0 radical (unpaired) electrons. The van der Waals surface area contributed by atoms with E-state index in [-0.39, 0.29) is 0 Å². The van der Waals surface area contributed by atoms with Crippen LogP contribution in [0.25, 0.3) is 0 Å². The average Bonchev–Trinajstić information content (AvgIpc) is 3.18. The van der Waals surface area contributed by atoms with Gasteiger partial charge >= 0.3 is 0 Å². The van der Waals surface area contributed by atoms with Crippen molar-refractivity contribution in [3.8, 4) is 0 Å². The Balaban J connectivity index is 1.58. The van der Waals surface area contributed by atoms with E-state index in [0.29, 0.717) is 5.41 Å². The van der Waals surface area contributed by atoms with Gasteiger partial charge in [0.2, 0.25) is 0 Å². The lowest BCUT2D eigenvalue weighted by Crippen LogP contribution is -2.41. The molecular formula is C17H29N5. The highest BCUT2D eigenvalue weighted by Gasteiger charge is 2.39. The van der Waals surface area contributed by atoms with Gasteiger partial charge in [-0.25, -0.2) is 4.98 Å². The van der Waals surface area contributed by atoms with Gasteiger partial charge in [0.05, 0.1) is 12.9 Å². The minimum atomic E-state index is 0.582. The molecule has 122 valence electrons. The molecule has 1 aliphatic heterocycles. The number of aliphatic imine (C=N–C) groups is 1. The van der Waals surface area contributed by atoms with Crippen LogP contribution in [0.4, 0.5) is 0 Å². The minimum Gasteiger partial charge on any atom is -0.357 e. The van der Waals surface area contributed by atoms with Gasteiger partial charge in [0.25, 0.3) is 0 Å². The quantitative estimate of drug-likeness (QED) is 0.686. The van der Waals surface area contributed by atoms with Crippen LogP contribution in [-0.4, -0.2) is 46.6 Å². The van der Waals surface area contributed by atoms with Crippen LogP contribution in [0.15, 0.2) is 23.7 Å². The predicted molar refractivity (Wildman–Crippen MR) is 89.9 cm³/mol. The third kappa shape index (κ3) is 3.62. The molecule has 1 aliphatic carbocycles. The fourth-order valence-electron chi connectivity index (χ4n) is 3.94. The maximum absolute atomic E-state index is 4.83. The standard InChI is InChI=1S/C17H29N5/c1-2-19-16(20-10-13-21-12-9-18-15-21)22-11-8-17(14-22)6-4-3-5-7-17/h9,12,15H,2-8,10-11,13-14H2,1H3,(H,19,20). The molecule has 0 unspecified atom stereocenters. The van der Waals surface area contributed by atoms with Crippen LogP contribution in [-0.2, 0) is 6.54 Å². The Kier molecular flexibility index (Phi) is 5.01. The average molecular weight is 303 g/mol. The van der Waals surface area contributed by atoms with Gasteiger partial charge in [0, 0.05) is 38.6 Å². The zero-order valence-corrected chi connectivity index (χ0v) is 13.8. The van der Waals surface area contributed by atoms with Gasteiger partial charge in [-0.15, -0.1) is 0 Å². The van der Waals surface area contributed by atoms with Crippen molar-refractivity contribution in [1.82, 2.24) is 19.8 Å². The minimum absolute atomic E-state index is 0.582. The zero-order valence-electron chi connectivity index (χ0n) is 13.8. The Bertz CT molecular complexity index is 473. The van der Waals surface area contributed by atoms with E-state index in [0.717, 1.165) is 32.1 Å². The molecule has 1 saturated heterocycles. The first-order valence-corrected chi connectivity index (χ1v) is 8.80.